The predicted molar refractivity (Wildman–Crippen MR) is 55.8 cm³/mol. The second-order valence-electron chi connectivity index (χ2n) is 4.44. The smallest absolute Gasteiger partial charge is 0.303 e. The second-order valence-corrected chi connectivity index (χ2v) is 5.92. The van der Waals surface area contributed by atoms with Crippen molar-refractivity contribution >= 4 is 11.8 Å². The number of hydrogen-bond donors (Lipinski definition) is 1. The number of thioether (sulfide) groups is 1. The van der Waals surface area contributed by atoms with E-state index in [9.17, 15) is 13.2 Å². The Morgan fingerprint density at radius 2 is 1.87 bits per heavy atom. The lowest BCUT2D eigenvalue weighted by Crippen LogP contribution is -2.49. The molecule has 5 heteroatoms. The fourth-order valence-electron chi connectivity index (χ4n) is 2.44. The van der Waals surface area contributed by atoms with Gasteiger partial charge in [0.05, 0.1) is 10.8 Å². The summed E-state index contributed by atoms with van der Waals surface area (Å²) >= 11 is 1.82. The van der Waals surface area contributed by atoms with Gasteiger partial charge in [0.1, 0.15) is 0 Å². The van der Waals surface area contributed by atoms with Crippen LogP contribution in [0.1, 0.15) is 32.1 Å². The van der Waals surface area contributed by atoms with E-state index >= 15 is 0 Å². The lowest BCUT2D eigenvalue weighted by atomic mass is 9.85. The van der Waals surface area contributed by atoms with Crippen molar-refractivity contribution in [2.45, 2.75) is 43.2 Å². The minimum Gasteiger partial charge on any atom is -0.303 e. The van der Waals surface area contributed by atoms with Crippen LogP contribution >= 0.6 is 11.8 Å². The molecule has 1 N–H and O–H groups in total. The van der Waals surface area contributed by atoms with Gasteiger partial charge in [-0.1, -0.05) is 0 Å². The topological polar surface area (TPSA) is 12.0 Å². The second kappa shape index (κ2) is 4.17. The normalized spacial score (nSPS) is 38.2. The SMILES string of the molecule is FC(F)(F)C1CCC2(CC1)NCCCS2. The van der Waals surface area contributed by atoms with Crippen LogP contribution in [0, 0.1) is 5.92 Å². The van der Waals surface area contributed by atoms with Crippen molar-refractivity contribution in [3.8, 4) is 0 Å². The molecular weight excluding hydrogens is 223 g/mol. The summed E-state index contributed by atoms with van der Waals surface area (Å²) in [5, 5.41) is 3.40. The minimum atomic E-state index is -3.99. The third kappa shape index (κ3) is 2.61. The summed E-state index contributed by atoms with van der Waals surface area (Å²) < 4.78 is 37.4. The van der Waals surface area contributed by atoms with E-state index < -0.39 is 12.1 Å². The monoisotopic (exact) mass is 239 g/mol. The van der Waals surface area contributed by atoms with E-state index in [1.807, 2.05) is 11.8 Å². The first-order chi connectivity index (χ1) is 7.02. The molecule has 0 aromatic carbocycles. The Kier molecular flexibility index (Phi) is 3.22. The van der Waals surface area contributed by atoms with Crippen molar-refractivity contribution in [3.05, 3.63) is 0 Å². The van der Waals surface area contributed by atoms with Crippen molar-refractivity contribution in [2.75, 3.05) is 12.3 Å². The number of alkyl halides is 3. The van der Waals surface area contributed by atoms with Gasteiger partial charge in [-0.2, -0.15) is 13.2 Å². The van der Waals surface area contributed by atoms with Gasteiger partial charge in [0, 0.05) is 0 Å². The van der Waals surface area contributed by atoms with Crippen LogP contribution in [0.3, 0.4) is 0 Å². The van der Waals surface area contributed by atoms with Gasteiger partial charge < -0.3 is 5.32 Å². The molecule has 1 saturated heterocycles. The molecule has 1 aliphatic carbocycles. The highest BCUT2D eigenvalue weighted by molar-refractivity contribution is 8.00. The van der Waals surface area contributed by atoms with Crippen molar-refractivity contribution in [1.82, 2.24) is 5.32 Å². The molecule has 0 unspecified atom stereocenters. The zero-order chi connectivity index (χ0) is 10.9. The Bertz CT molecular complexity index is 213. The summed E-state index contributed by atoms with van der Waals surface area (Å²) in [4.78, 5) is -0.0278. The fourth-order valence-corrected chi connectivity index (χ4v) is 3.85. The number of hydrogen-bond acceptors (Lipinski definition) is 2. The van der Waals surface area contributed by atoms with E-state index in [0.29, 0.717) is 25.7 Å². The summed E-state index contributed by atoms with van der Waals surface area (Å²) in [6.45, 7) is 0.962. The van der Waals surface area contributed by atoms with E-state index in [0.717, 1.165) is 18.7 Å². The van der Waals surface area contributed by atoms with Gasteiger partial charge in [-0.3, -0.25) is 0 Å². The highest BCUT2D eigenvalue weighted by Crippen LogP contribution is 2.46. The molecular formula is C10H16F3NS. The maximum absolute atomic E-state index is 12.5. The Morgan fingerprint density at radius 1 is 1.20 bits per heavy atom. The van der Waals surface area contributed by atoms with Crippen LogP contribution < -0.4 is 5.32 Å². The van der Waals surface area contributed by atoms with E-state index in [1.165, 1.54) is 0 Å². The molecule has 0 radical (unpaired) electrons. The molecule has 2 rings (SSSR count). The Hall–Kier alpha value is 0.100. The highest BCUT2D eigenvalue weighted by atomic mass is 32.2. The third-order valence-electron chi connectivity index (χ3n) is 3.40. The molecule has 0 aromatic heterocycles. The first kappa shape index (κ1) is 11.6. The highest BCUT2D eigenvalue weighted by Gasteiger charge is 2.46. The van der Waals surface area contributed by atoms with Gasteiger partial charge in [-0.05, 0) is 44.4 Å². The zero-order valence-electron chi connectivity index (χ0n) is 8.57. The molecule has 1 spiro atoms. The van der Waals surface area contributed by atoms with Gasteiger partial charge in [-0.25, -0.2) is 0 Å². The summed E-state index contributed by atoms with van der Waals surface area (Å²) in [5.41, 5.74) is 0. The van der Waals surface area contributed by atoms with Crippen LogP contribution in [0.15, 0.2) is 0 Å². The molecule has 2 fully saturated rings. The number of rotatable bonds is 0. The van der Waals surface area contributed by atoms with Crippen LogP contribution in [-0.4, -0.2) is 23.3 Å². The lowest BCUT2D eigenvalue weighted by Gasteiger charge is -2.43. The maximum atomic E-state index is 12.5. The van der Waals surface area contributed by atoms with Crippen molar-refractivity contribution in [3.63, 3.8) is 0 Å². The Morgan fingerprint density at radius 3 is 2.33 bits per heavy atom. The largest absolute Gasteiger partial charge is 0.391 e. The summed E-state index contributed by atoms with van der Waals surface area (Å²) in [5.74, 6) is 0.0244. The Balaban J connectivity index is 1.91. The van der Waals surface area contributed by atoms with Crippen molar-refractivity contribution in [2.24, 2.45) is 5.92 Å². The average Bonchev–Trinajstić information content (AvgIpc) is 2.18. The van der Waals surface area contributed by atoms with E-state index in [-0.39, 0.29) is 4.87 Å². The van der Waals surface area contributed by atoms with Crippen LogP contribution in [-0.2, 0) is 0 Å². The molecule has 0 atom stereocenters. The van der Waals surface area contributed by atoms with Gasteiger partial charge >= 0.3 is 6.18 Å². The van der Waals surface area contributed by atoms with Crippen LogP contribution in [0.4, 0.5) is 13.2 Å². The minimum absolute atomic E-state index is 0.0278. The van der Waals surface area contributed by atoms with Crippen molar-refractivity contribution < 1.29 is 13.2 Å². The molecule has 0 bridgehead atoms. The van der Waals surface area contributed by atoms with Gasteiger partial charge in [-0.15, -0.1) is 11.8 Å². The molecule has 15 heavy (non-hydrogen) atoms. The molecule has 1 heterocycles. The standard InChI is InChI=1S/C10H16F3NS/c11-10(12,13)8-2-4-9(5-3-8)14-6-1-7-15-9/h8,14H,1-7H2. The summed E-state index contributed by atoms with van der Waals surface area (Å²) in [7, 11) is 0. The molecule has 88 valence electrons. The van der Waals surface area contributed by atoms with Crippen molar-refractivity contribution in [1.29, 1.82) is 0 Å². The quantitative estimate of drug-likeness (QED) is 0.697. The van der Waals surface area contributed by atoms with Crippen LogP contribution in [0.5, 0.6) is 0 Å². The third-order valence-corrected chi connectivity index (χ3v) is 5.00. The van der Waals surface area contributed by atoms with Crippen LogP contribution in [0.25, 0.3) is 0 Å². The molecule has 1 nitrogen and oxygen atoms in total. The lowest BCUT2D eigenvalue weighted by molar-refractivity contribution is -0.183. The fraction of sp³-hybridized carbons (Fsp3) is 1.00. The molecule has 1 aliphatic heterocycles. The first-order valence-corrected chi connectivity index (χ1v) is 6.46. The molecule has 0 aromatic rings. The van der Waals surface area contributed by atoms with Gasteiger partial charge in [0.2, 0.25) is 0 Å². The van der Waals surface area contributed by atoms with E-state index in [4.69, 9.17) is 0 Å². The van der Waals surface area contributed by atoms with Gasteiger partial charge in [0.15, 0.2) is 0 Å². The van der Waals surface area contributed by atoms with Crippen LogP contribution in [0.2, 0.25) is 0 Å². The van der Waals surface area contributed by atoms with E-state index in [1.54, 1.807) is 0 Å². The predicted octanol–water partition coefficient (Wildman–Crippen LogP) is 3.16. The first-order valence-electron chi connectivity index (χ1n) is 5.48. The Labute approximate surface area is 92.2 Å². The van der Waals surface area contributed by atoms with Gasteiger partial charge in [0.25, 0.3) is 0 Å². The summed E-state index contributed by atoms with van der Waals surface area (Å²) in [6.07, 6.45) is -0.924. The number of halogens is 3. The average molecular weight is 239 g/mol. The summed E-state index contributed by atoms with van der Waals surface area (Å²) in [6, 6.07) is 0. The molecule has 0 amide bonds. The molecule has 2 aliphatic rings. The zero-order valence-corrected chi connectivity index (χ0v) is 9.39. The molecule has 1 saturated carbocycles. The number of nitrogens with one attached hydrogen (secondary N) is 1. The maximum Gasteiger partial charge on any atom is 0.391 e. The van der Waals surface area contributed by atoms with E-state index in [2.05, 4.69) is 5.32 Å².